The third-order valence-corrected chi connectivity index (χ3v) is 18.1. The first-order chi connectivity index (χ1) is 42.2. The second kappa shape index (κ2) is 18.6. The first kappa shape index (κ1) is 47.4. The molecule has 0 N–H and O–H groups in total. The summed E-state index contributed by atoms with van der Waals surface area (Å²) in [6.07, 6.45) is 0. The number of hydrogen-bond donors (Lipinski definition) is 0. The molecule has 18 aromatic rings. The molecule has 0 aliphatic heterocycles. The molecule has 9 heteroatoms. The van der Waals surface area contributed by atoms with Crippen LogP contribution in [0, 0.1) is 0 Å². The standard InChI is InChI=1S/C76H46N8S/c1-3-25-47(26-4-1)73-78-74(48-27-5-2-6-28-48)80-75(79-73)67-68(76-77-57-37-15-24-46-66(57)85-76)70(82-60-40-18-9-31-51(60)52-32-10-19-41-61(52)82)72(84-64-44-22-13-35-55(64)56-36-14-23-45-65(56)84)71(83-62-42-20-11-33-53(62)54-34-12-21-43-63(54)83)69(67)81-58-38-16-7-29-49(58)50-30-8-17-39-59(50)81/h1-46H. The quantitative estimate of drug-likeness (QED) is 0.152. The molecule has 6 aromatic heterocycles. The van der Waals surface area contributed by atoms with Gasteiger partial charge in [0.15, 0.2) is 17.5 Å². The molecule has 0 amide bonds. The smallest absolute Gasteiger partial charge is 0.167 e. The second-order valence-corrected chi connectivity index (χ2v) is 22.7. The van der Waals surface area contributed by atoms with Crippen molar-refractivity contribution < 1.29 is 0 Å². The van der Waals surface area contributed by atoms with E-state index in [2.05, 4.69) is 285 Å². The highest BCUT2D eigenvalue weighted by atomic mass is 32.1. The van der Waals surface area contributed by atoms with E-state index in [1.54, 1.807) is 11.3 Å². The molecule has 0 saturated heterocycles. The molecule has 0 unspecified atom stereocenters. The third-order valence-electron chi connectivity index (χ3n) is 17.0. The van der Waals surface area contributed by atoms with Crippen LogP contribution in [0.1, 0.15) is 0 Å². The third kappa shape index (κ3) is 7.02. The Morgan fingerprint density at radius 3 is 0.835 bits per heavy atom. The normalized spacial score (nSPS) is 12.0. The van der Waals surface area contributed by atoms with E-state index in [1.165, 1.54) is 0 Å². The topological polar surface area (TPSA) is 71.3 Å². The average molecular weight is 1100 g/mol. The van der Waals surface area contributed by atoms with Crippen molar-refractivity contribution in [3.05, 3.63) is 279 Å². The SMILES string of the molecule is c1ccc(-c2nc(-c3ccccc3)nc(-c3c(-c4nc5ccccc5s4)c(-n4c5ccccc5c5ccccc54)c(-n4c5ccccc5c5ccccc54)c(-n4c5ccccc5c5ccccc54)c3-n3c4ccccc4c4ccccc43)n2)cc1. The van der Waals surface area contributed by atoms with Gasteiger partial charge >= 0.3 is 0 Å². The fourth-order valence-electron chi connectivity index (χ4n) is 13.5. The van der Waals surface area contributed by atoms with Gasteiger partial charge < -0.3 is 18.3 Å². The molecule has 396 valence electrons. The van der Waals surface area contributed by atoms with E-state index in [-0.39, 0.29) is 0 Å². The Kier molecular flexibility index (Phi) is 10.4. The van der Waals surface area contributed by atoms with E-state index >= 15 is 0 Å². The number of rotatable bonds is 8. The Balaban J connectivity index is 1.22. The van der Waals surface area contributed by atoms with Crippen molar-refractivity contribution in [1.82, 2.24) is 38.2 Å². The molecule has 0 aliphatic carbocycles. The minimum absolute atomic E-state index is 0.497. The summed E-state index contributed by atoms with van der Waals surface area (Å²) in [5.74, 6) is 1.60. The Labute approximate surface area is 490 Å². The first-order valence-corrected chi connectivity index (χ1v) is 29.5. The van der Waals surface area contributed by atoms with Crippen molar-refractivity contribution in [3.8, 4) is 67.5 Å². The molecule has 8 nitrogen and oxygen atoms in total. The van der Waals surface area contributed by atoms with E-state index in [9.17, 15) is 0 Å². The van der Waals surface area contributed by atoms with Gasteiger partial charge in [0, 0.05) is 54.2 Å². The number of benzene rings is 12. The van der Waals surface area contributed by atoms with Crippen LogP contribution in [0.5, 0.6) is 0 Å². The maximum absolute atomic E-state index is 5.87. The fourth-order valence-corrected chi connectivity index (χ4v) is 14.6. The van der Waals surface area contributed by atoms with Crippen molar-refractivity contribution in [1.29, 1.82) is 0 Å². The molecule has 6 heterocycles. The Hall–Kier alpha value is -11.3. The zero-order valence-corrected chi connectivity index (χ0v) is 46.4. The number of para-hydroxylation sites is 9. The first-order valence-electron chi connectivity index (χ1n) is 28.6. The van der Waals surface area contributed by atoms with E-state index in [0.29, 0.717) is 17.5 Å². The summed E-state index contributed by atoms with van der Waals surface area (Å²) in [5.41, 5.74) is 16.3. The highest BCUT2D eigenvalue weighted by Gasteiger charge is 2.37. The van der Waals surface area contributed by atoms with Crippen molar-refractivity contribution in [3.63, 3.8) is 0 Å². The van der Waals surface area contributed by atoms with Crippen LogP contribution in [0.2, 0.25) is 0 Å². The molecule has 0 spiro atoms. The highest BCUT2D eigenvalue weighted by molar-refractivity contribution is 7.21. The van der Waals surface area contributed by atoms with Gasteiger partial charge in [0.05, 0.1) is 88.2 Å². The van der Waals surface area contributed by atoms with Crippen LogP contribution >= 0.6 is 11.3 Å². The molecule has 18 rings (SSSR count). The van der Waals surface area contributed by atoms with E-state index in [0.717, 1.165) is 147 Å². The summed E-state index contributed by atoms with van der Waals surface area (Å²) in [7, 11) is 0. The van der Waals surface area contributed by atoms with E-state index in [4.69, 9.17) is 19.9 Å². The monoisotopic (exact) mass is 1100 g/mol. The number of fused-ring (bicyclic) bond motifs is 13. The van der Waals surface area contributed by atoms with Crippen molar-refractivity contribution in [2.24, 2.45) is 0 Å². The molecular weight excluding hydrogens is 1060 g/mol. The highest BCUT2D eigenvalue weighted by Crippen LogP contribution is 2.55. The van der Waals surface area contributed by atoms with Crippen LogP contribution in [-0.2, 0) is 0 Å². The molecule has 0 bridgehead atoms. The van der Waals surface area contributed by atoms with Crippen LogP contribution in [0.15, 0.2) is 279 Å². The maximum atomic E-state index is 5.87. The summed E-state index contributed by atoms with van der Waals surface area (Å²) in [4.78, 5) is 23.0. The fraction of sp³-hybridized carbons (Fsp3) is 0. The molecule has 0 radical (unpaired) electrons. The summed E-state index contributed by atoms with van der Waals surface area (Å²) >= 11 is 1.70. The van der Waals surface area contributed by atoms with Crippen LogP contribution < -0.4 is 0 Å². The van der Waals surface area contributed by atoms with Gasteiger partial charge in [0.2, 0.25) is 0 Å². The van der Waals surface area contributed by atoms with Gasteiger partial charge in [0.25, 0.3) is 0 Å². The second-order valence-electron chi connectivity index (χ2n) is 21.6. The van der Waals surface area contributed by atoms with Gasteiger partial charge in [-0.2, -0.15) is 0 Å². The zero-order chi connectivity index (χ0) is 55.7. The summed E-state index contributed by atoms with van der Waals surface area (Å²) in [6, 6.07) is 100. The Bertz CT molecular complexity index is 5440. The maximum Gasteiger partial charge on any atom is 0.167 e. The lowest BCUT2D eigenvalue weighted by molar-refractivity contribution is 1.01. The molecule has 0 aliphatic rings. The number of nitrogens with zero attached hydrogens (tertiary/aromatic N) is 8. The minimum Gasteiger partial charge on any atom is -0.306 e. The van der Waals surface area contributed by atoms with Gasteiger partial charge in [-0.25, -0.2) is 19.9 Å². The summed E-state index contributed by atoms with van der Waals surface area (Å²) in [5, 5.41) is 9.86. The van der Waals surface area contributed by atoms with Crippen LogP contribution in [0.4, 0.5) is 0 Å². The lowest BCUT2D eigenvalue weighted by Crippen LogP contribution is -2.17. The molecule has 12 aromatic carbocycles. The van der Waals surface area contributed by atoms with Crippen LogP contribution in [0.25, 0.3) is 165 Å². The molecular formula is C76H46N8S. The van der Waals surface area contributed by atoms with Gasteiger partial charge in [-0.1, -0.05) is 218 Å². The van der Waals surface area contributed by atoms with E-state index < -0.39 is 0 Å². The Morgan fingerprint density at radius 1 is 0.224 bits per heavy atom. The van der Waals surface area contributed by atoms with Gasteiger partial charge in [-0.15, -0.1) is 11.3 Å². The molecule has 0 fully saturated rings. The van der Waals surface area contributed by atoms with Crippen molar-refractivity contribution >= 4 is 109 Å². The van der Waals surface area contributed by atoms with Gasteiger partial charge in [0.1, 0.15) is 5.01 Å². The van der Waals surface area contributed by atoms with Crippen molar-refractivity contribution in [2.75, 3.05) is 0 Å². The van der Waals surface area contributed by atoms with Crippen LogP contribution in [-0.4, -0.2) is 38.2 Å². The Morgan fingerprint density at radius 2 is 0.494 bits per heavy atom. The van der Waals surface area contributed by atoms with E-state index in [1.807, 2.05) is 12.1 Å². The molecule has 0 saturated carbocycles. The van der Waals surface area contributed by atoms with Crippen molar-refractivity contribution in [2.45, 2.75) is 0 Å². The predicted octanol–water partition coefficient (Wildman–Crippen LogP) is 19.5. The zero-order valence-electron chi connectivity index (χ0n) is 45.5. The van der Waals surface area contributed by atoms with Gasteiger partial charge in [-0.05, 0) is 60.7 Å². The van der Waals surface area contributed by atoms with Gasteiger partial charge in [-0.3, -0.25) is 0 Å². The minimum atomic E-state index is 0.497. The number of hydrogen-bond acceptors (Lipinski definition) is 5. The molecule has 0 atom stereocenters. The van der Waals surface area contributed by atoms with Crippen LogP contribution in [0.3, 0.4) is 0 Å². The predicted molar refractivity (Wildman–Crippen MR) is 352 cm³/mol. The summed E-state index contributed by atoms with van der Waals surface area (Å²) < 4.78 is 11.2. The largest absolute Gasteiger partial charge is 0.306 e. The lowest BCUT2D eigenvalue weighted by Gasteiger charge is -2.30. The lowest BCUT2D eigenvalue weighted by atomic mass is 9.96. The summed E-state index contributed by atoms with van der Waals surface area (Å²) in [6.45, 7) is 0. The molecule has 85 heavy (non-hydrogen) atoms. The number of aromatic nitrogens is 8. The number of thiazole rings is 1. The average Bonchev–Trinajstić information content (AvgIpc) is 1.70.